The minimum absolute atomic E-state index is 0. The van der Waals surface area contributed by atoms with Crippen LogP contribution in [0.3, 0.4) is 0 Å². The van der Waals surface area contributed by atoms with Crippen LogP contribution >= 0.6 is 24.8 Å². The predicted octanol–water partition coefficient (Wildman–Crippen LogP) is 1.51. The summed E-state index contributed by atoms with van der Waals surface area (Å²) in [4.78, 5) is 17.0. The van der Waals surface area contributed by atoms with E-state index in [1.807, 2.05) is 13.8 Å². The van der Waals surface area contributed by atoms with Crippen molar-refractivity contribution in [2.45, 2.75) is 51.7 Å². The number of carbonyl (C=O) groups excluding carboxylic acids is 1. The SMILES string of the molecule is CC(N)C(C)C(=O)N1CC2CCCN2CC1C.Cl.Cl. The smallest absolute Gasteiger partial charge is 0.227 e. The predicted molar refractivity (Wildman–Crippen MR) is 83.1 cm³/mol. The van der Waals surface area contributed by atoms with Gasteiger partial charge in [-0.15, -0.1) is 24.8 Å². The van der Waals surface area contributed by atoms with Crippen molar-refractivity contribution in [3.63, 3.8) is 0 Å². The fourth-order valence-electron chi connectivity index (χ4n) is 2.98. The third-order valence-corrected chi connectivity index (χ3v) is 4.40. The highest BCUT2D eigenvalue weighted by Crippen LogP contribution is 2.25. The van der Waals surface area contributed by atoms with E-state index in [4.69, 9.17) is 5.73 Å². The number of fused-ring (bicyclic) bond motifs is 1. The lowest BCUT2D eigenvalue weighted by atomic mass is 9.99. The molecule has 2 heterocycles. The van der Waals surface area contributed by atoms with Gasteiger partial charge in [0.2, 0.25) is 5.91 Å². The molecule has 0 aliphatic carbocycles. The lowest BCUT2D eigenvalue weighted by Crippen LogP contribution is -2.58. The number of piperazine rings is 1. The van der Waals surface area contributed by atoms with Gasteiger partial charge in [0.15, 0.2) is 0 Å². The number of rotatable bonds is 2. The van der Waals surface area contributed by atoms with E-state index in [9.17, 15) is 4.79 Å². The Balaban J connectivity index is 0.00000162. The molecule has 1 amide bonds. The summed E-state index contributed by atoms with van der Waals surface area (Å²) in [6, 6.07) is 0.866. The number of hydrogen-bond acceptors (Lipinski definition) is 3. The van der Waals surface area contributed by atoms with E-state index in [0.717, 1.165) is 13.1 Å². The Kier molecular flexibility index (Phi) is 7.66. The van der Waals surface area contributed by atoms with Crippen molar-refractivity contribution >= 4 is 30.7 Å². The second-order valence-corrected chi connectivity index (χ2v) is 5.78. The lowest BCUT2D eigenvalue weighted by Gasteiger charge is -2.43. The summed E-state index contributed by atoms with van der Waals surface area (Å²) in [6.07, 6.45) is 2.52. The van der Waals surface area contributed by atoms with Crippen molar-refractivity contribution in [1.29, 1.82) is 0 Å². The molecule has 2 N–H and O–H groups in total. The molecule has 2 rings (SSSR count). The Labute approximate surface area is 128 Å². The van der Waals surface area contributed by atoms with Crippen LogP contribution < -0.4 is 5.73 Å². The molecule has 2 saturated heterocycles. The zero-order chi connectivity index (χ0) is 12.6. The van der Waals surface area contributed by atoms with Crippen molar-refractivity contribution in [2.24, 2.45) is 11.7 Å². The first kappa shape index (κ1) is 19.0. The largest absolute Gasteiger partial charge is 0.337 e. The van der Waals surface area contributed by atoms with Crippen molar-refractivity contribution in [3.8, 4) is 0 Å². The summed E-state index contributed by atoms with van der Waals surface area (Å²) in [5.74, 6) is 0.171. The molecular weight excluding hydrogens is 285 g/mol. The average molecular weight is 312 g/mol. The monoisotopic (exact) mass is 311 g/mol. The van der Waals surface area contributed by atoms with Gasteiger partial charge < -0.3 is 10.6 Å². The van der Waals surface area contributed by atoms with Crippen LogP contribution in [0.1, 0.15) is 33.6 Å². The molecule has 4 nitrogen and oxygen atoms in total. The van der Waals surface area contributed by atoms with Crippen molar-refractivity contribution in [2.75, 3.05) is 19.6 Å². The van der Waals surface area contributed by atoms with Gasteiger partial charge in [0.1, 0.15) is 0 Å². The Bertz CT molecular complexity index is 302. The van der Waals surface area contributed by atoms with Gasteiger partial charge in [-0.3, -0.25) is 9.69 Å². The highest BCUT2D eigenvalue weighted by molar-refractivity contribution is 5.85. The molecule has 4 atom stereocenters. The molecule has 0 bridgehead atoms. The first-order chi connectivity index (χ1) is 8.00. The minimum atomic E-state index is -0.0644. The Morgan fingerprint density at radius 2 is 1.89 bits per heavy atom. The van der Waals surface area contributed by atoms with E-state index < -0.39 is 0 Å². The van der Waals surface area contributed by atoms with Crippen LogP contribution in [-0.4, -0.2) is 53.5 Å². The normalized spacial score (nSPS) is 29.8. The molecular formula is C13H27Cl2N3O. The van der Waals surface area contributed by atoms with Gasteiger partial charge >= 0.3 is 0 Å². The maximum Gasteiger partial charge on any atom is 0.227 e. The summed E-state index contributed by atoms with van der Waals surface area (Å²) in [5, 5.41) is 0. The van der Waals surface area contributed by atoms with Crippen molar-refractivity contribution in [3.05, 3.63) is 0 Å². The molecule has 0 aromatic carbocycles. The van der Waals surface area contributed by atoms with Crippen LogP contribution in [0.5, 0.6) is 0 Å². The maximum absolute atomic E-state index is 12.4. The van der Waals surface area contributed by atoms with Gasteiger partial charge in [0.05, 0.1) is 5.92 Å². The molecule has 2 aliphatic heterocycles. The Morgan fingerprint density at radius 1 is 1.26 bits per heavy atom. The molecule has 6 heteroatoms. The van der Waals surface area contributed by atoms with Crippen LogP contribution in [0.4, 0.5) is 0 Å². The van der Waals surface area contributed by atoms with Crippen molar-refractivity contribution in [1.82, 2.24) is 9.80 Å². The average Bonchev–Trinajstić information content (AvgIpc) is 2.72. The van der Waals surface area contributed by atoms with Crippen molar-refractivity contribution < 1.29 is 4.79 Å². The molecule has 0 saturated carbocycles. The summed E-state index contributed by atoms with van der Waals surface area (Å²) < 4.78 is 0. The third kappa shape index (κ3) is 3.97. The van der Waals surface area contributed by atoms with E-state index in [2.05, 4.69) is 16.7 Å². The topological polar surface area (TPSA) is 49.6 Å². The molecule has 114 valence electrons. The summed E-state index contributed by atoms with van der Waals surface area (Å²) in [6.45, 7) is 9.15. The fraction of sp³-hybridized carbons (Fsp3) is 0.923. The van der Waals surface area contributed by atoms with Crippen LogP contribution in [0.2, 0.25) is 0 Å². The standard InChI is InChI=1S/C13H25N3O.2ClH/c1-9-7-15-6-4-5-12(15)8-16(9)13(17)10(2)11(3)14;;/h9-12H,4-8,14H2,1-3H3;2*1H. The second kappa shape index (κ2) is 7.67. The number of hydrogen-bond donors (Lipinski definition) is 1. The van der Waals surface area contributed by atoms with Crippen LogP contribution in [0, 0.1) is 5.92 Å². The highest BCUT2D eigenvalue weighted by atomic mass is 35.5. The molecule has 4 unspecified atom stereocenters. The van der Waals surface area contributed by atoms with Gasteiger partial charge in [0.25, 0.3) is 0 Å². The van der Waals surface area contributed by atoms with Gasteiger partial charge in [-0.1, -0.05) is 6.92 Å². The fourth-order valence-corrected chi connectivity index (χ4v) is 2.98. The minimum Gasteiger partial charge on any atom is -0.337 e. The molecule has 2 aliphatic rings. The molecule has 0 radical (unpaired) electrons. The quantitative estimate of drug-likeness (QED) is 0.841. The zero-order valence-electron chi connectivity index (χ0n) is 12.0. The van der Waals surface area contributed by atoms with Gasteiger partial charge in [0, 0.05) is 31.2 Å². The van der Waals surface area contributed by atoms with Crippen LogP contribution in [0.15, 0.2) is 0 Å². The molecule has 0 aromatic heterocycles. The highest BCUT2D eigenvalue weighted by Gasteiger charge is 2.37. The Hall–Kier alpha value is -0.0300. The molecule has 2 fully saturated rings. The number of nitrogens with two attached hydrogens (primary N) is 1. The van der Waals surface area contributed by atoms with Gasteiger partial charge in [-0.25, -0.2) is 0 Å². The van der Waals surface area contributed by atoms with E-state index in [1.165, 1.54) is 19.4 Å². The van der Waals surface area contributed by atoms with Gasteiger partial charge in [-0.2, -0.15) is 0 Å². The number of carbonyl (C=O) groups is 1. The Morgan fingerprint density at radius 3 is 2.47 bits per heavy atom. The zero-order valence-corrected chi connectivity index (χ0v) is 13.7. The van der Waals surface area contributed by atoms with E-state index in [1.54, 1.807) is 0 Å². The van der Waals surface area contributed by atoms with Crippen LogP contribution in [-0.2, 0) is 4.79 Å². The van der Waals surface area contributed by atoms with E-state index in [0.29, 0.717) is 12.1 Å². The van der Waals surface area contributed by atoms with Gasteiger partial charge in [-0.05, 0) is 33.2 Å². The first-order valence-electron chi connectivity index (χ1n) is 6.80. The number of nitrogens with zero attached hydrogens (tertiary/aromatic N) is 2. The van der Waals surface area contributed by atoms with E-state index in [-0.39, 0.29) is 42.7 Å². The number of amides is 1. The molecule has 0 spiro atoms. The summed E-state index contributed by atoms with van der Waals surface area (Å²) in [5.41, 5.74) is 5.84. The lowest BCUT2D eigenvalue weighted by molar-refractivity contribution is -0.141. The molecule has 19 heavy (non-hydrogen) atoms. The first-order valence-corrected chi connectivity index (χ1v) is 6.80. The summed E-state index contributed by atoms with van der Waals surface area (Å²) >= 11 is 0. The second-order valence-electron chi connectivity index (χ2n) is 5.78. The third-order valence-electron chi connectivity index (χ3n) is 4.40. The van der Waals surface area contributed by atoms with Crippen LogP contribution in [0.25, 0.3) is 0 Å². The number of halogens is 2. The molecule has 0 aromatic rings. The maximum atomic E-state index is 12.4. The van der Waals surface area contributed by atoms with E-state index >= 15 is 0 Å². The summed E-state index contributed by atoms with van der Waals surface area (Å²) in [7, 11) is 0.